The van der Waals surface area contributed by atoms with E-state index >= 15 is 0 Å². The van der Waals surface area contributed by atoms with Crippen LogP contribution in [-0.2, 0) is 6.42 Å². The van der Waals surface area contributed by atoms with E-state index in [1.165, 1.54) is 34.3 Å². The van der Waals surface area contributed by atoms with Crippen LogP contribution in [0.2, 0.25) is 0 Å². The minimum atomic E-state index is 0.772. The fourth-order valence-electron chi connectivity index (χ4n) is 2.32. The average molecular weight is 288 g/mol. The van der Waals surface area contributed by atoms with E-state index in [9.17, 15) is 0 Å². The molecule has 84 valence electrons. The van der Waals surface area contributed by atoms with Crippen molar-refractivity contribution in [3.8, 4) is 0 Å². The summed E-state index contributed by atoms with van der Waals surface area (Å²) in [6.07, 6.45) is 5.35. The van der Waals surface area contributed by atoms with Gasteiger partial charge in [0.2, 0.25) is 0 Å². The Labute approximate surface area is 104 Å². The van der Waals surface area contributed by atoms with Gasteiger partial charge in [-0.3, -0.25) is 0 Å². The topological polar surface area (TPSA) is 12.0 Å². The molecule has 1 aromatic heterocycles. The summed E-state index contributed by atoms with van der Waals surface area (Å²) in [5.41, 5.74) is 0. The molecule has 1 aliphatic rings. The molecule has 1 aliphatic carbocycles. The predicted octanol–water partition coefficient (Wildman–Crippen LogP) is 3.83. The number of hydrogen-bond donors (Lipinski definition) is 1. The molecule has 2 atom stereocenters. The van der Waals surface area contributed by atoms with Gasteiger partial charge in [0.25, 0.3) is 0 Å². The van der Waals surface area contributed by atoms with Crippen molar-refractivity contribution < 1.29 is 0 Å². The summed E-state index contributed by atoms with van der Waals surface area (Å²) in [5.74, 6) is 0.875. The third-order valence-corrected chi connectivity index (χ3v) is 4.95. The molecule has 1 N–H and O–H groups in total. The fraction of sp³-hybridized carbons (Fsp3) is 0.667. The lowest BCUT2D eigenvalue weighted by molar-refractivity contribution is 0.430. The van der Waals surface area contributed by atoms with E-state index in [4.69, 9.17) is 0 Å². The maximum absolute atomic E-state index is 3.68. The molecule has 1 heterocycles. The van der Waals surface area contributed by atoms with Gasteiger partial charge in [0, 0.05) is 17.5 Å². The second kappa shape index (κ2) is 5.46. The number of thiophene rings is 1. The van der Waals surface area contributed by atoms with Gasteiger partial charge in [0.15, 0.2) is 0 Å². The van der Waals surface area contributed by atoms with Gasteiger partial charge in [-0.1, -0.05) is 13.3 Å². The third kappa shape index (κ3) is 3.30. The van der Waals surface area contributed by atoms with Crippen LogP contribution in [0.3, 0.4) is 0 Å². The molecule has 3 heteroatoms. The lowest BCUT2D eigenvalue weighted by Crippen LogP contribution is -2.32. The van der Waals surface area contributed by atoms with Crippen LogP contribution >= 0.6 is 27.3 Å². The van der Waals surface area contributed by atoms with Gasteiger partial charge in [-0.25, -0.2) is 0 Å². The Morgan fingerprint density at radius 2 is 2.33 bits per heavy atom. The first-order valence-electron chi connectivity index (χ1n) is 5.73. The SMILES string of the molecule is CC1CCCC1NCCc1ccc(Br)s1. The molecule has 1 aromatic rings. The Hall–Kier alpha value is 0.140. The molecule has 2 unspecified atom stereocenters. The molecule has 0 amide bonds. The fourth-order valence-corrected chi connectivity index (χ4v) is 3.80. The van der Waals surface area contributed by atoms with Crippen molar-refractivity contribution in [3.63, 3.8) is 0 Å². The normalized spacial score (nSPS) is 26.0. The Balaban J connectivity index is 1.70. The zero-order valence-electron chi connectivity index (χ0n) is 9.13. The van der Waals surface area contributed by atoms with Crippen LogP contribution < -0.4 is 5.32 Å². The molecule has 1 nitrogen and oxygen atoms in total. The van der Waals surface area contributed by atoms with Gasteiger partial charge in [0.05, 0.1) is 3.79 Å². The molecule has 0 aliphatic heterocycles. The summed E-state index contributed by atoms with van der Waals surface area (Å²) in [6, 6.07) is 5.13. The van der Waals surface area contributed by atoms with Crippen molar-refractivity contribution in [3.05, 3.63) is 20.8 Å². The molecule has 0 aromatic carbocycles. The van der Waals surface area contributed by atoms with Crippen molar-refractivity contribution in [1.82, 2.24) is 5.32 Å². The molecule has 0 bridgehead atoms. The van der Waals surface area contributed by atoms with E-state index in [1.54, 1.807) is 0 Å². The summed E-state index contributed by atoms with van der Waals surface area (Å²) < 4.78 is 1.24. The van der Waals surface area contributed by atoms with Gasteiger partial charge in [-0.05, 0) is 53.2 Å². The summed E-state index contributed by atoms with van der Waals surface area (Å²) in [4.78, 5) is 1.47. The van der Waals surface area contributed by atoms with E-state index in [0.29, 0.717) is 0 Å². The van der Waals surface area contributed by atoms with Crippen LogP contribution in [0.15, 0.2) is 15.9 Å². The molecule has 0 saturated heterocycles. The molecular weight excluding hydrogens is 270 g/mol. The predicted molar refractivity (Wildman–Crippen MR) is 70.5 cm³/mol. The molecule has 0 radical (unpaired) electrons. The van der Waals surface area contributed by atoms with Crippen LogP contribution in [0.25, 0.3) is 0 Å². The van der Waals surface area contributed by atoms with Crippen LogP contribution in [-0.4, -0.2) is 12.6 Å². The second-order valence-electron chi connectivity index (χ2n) is 4.42. The van der Waals surface area contributed by atoms with Gasteiger partial charge >= 0.3 is 0 Å². The zero-order valence-corrected chi connectivity index (χ0v) is 11.5. The first kappa shape index (κ1) is 11.6. The van der Waals surface area contributed by atoms with Crippen LogP contribution in [0.4, 0.5) is 0 Å². The Kier molecular flexibility index (Phi) is 4.23. The average Bonchev–Trinajstić information content (AvgIpc) is 2.77. The van der Waals surface area contributed by atoms with Gasteiger partial charge < -0.3 is 5.32 Å². The van der Waals surface area contributed by atoms with Crippen molar-refractivity contribution in [2.75, 3.05) is 6.54 Å². The standard InChI is InChI=1S/C12H18BrNS/c1-9-3-2-4-11(9)14-8-7-10-5-6-12(13)15-10/h5-6,9,11,14H,2-4,7-8H2,1H3. The van der Waals surface area contributed by atoms with Crippen molar-refractivity contribution >= 4 is 27.3 Å². The summed E-state index contributed by atoms with van der Waals surface area (Å²) in [5, 5.41) is 3.68. The minimum Gasteiger partial charge on any atom is -0.313 e. The monoisotopic (exact) mass is 287 g/mol. The van der Waals surface area contributed by atoms with Crippen molar-refractivity contribution in [2.45, 2.75) is 38.6 Å². The Bertz CT molecular complexity index is 310. The first-order valence-corrected chi connectivity index (χ1v) is 7.34. The van der Waals surface area contributed by atoms with E-state index < -0.39 is 0 Å². The second-order valence-corrected chi connectivity index (χ2v) is 6.97. The summed E-state index contributed by atoms with van der Waals surface area (Å²) in [6.45, 7) is 3.49. The number of hydrogen-bond acceptors (Lipinski definition) is 2. The molecule has 1 saturated carbocycles. The quantitative estimate of drug-likeness (QED) is 0.888. The molecule has 1 fully saturated rings. The summed E-state index contributed by atoms with van der Waals surface area (Å²) in [7, 11) is 0. The highest BCUT2D eigenvalue weighted by Gasteiger charge is 2.22. The Morgan fingerprint density at radius 1 is 1.47 bits per heavy atom. The third-order valence-electron chi connectivity index (χ3n) is 3.27. The Morgan fingerprint density at radius 3 is 2.93 bits per heavy atom. The van der Waals surface area contributed by atoms with E-state index in [2.05, 4.69) is 40.3 Å². The van der Waals surface area contributed by atoms with Gasteiger partial charge in [-0.15, -0.1) is 11.3 Å². The highest BCUT2D eigenvalue weighted by molar-refractivity contribution is 9.11. The van der Waals surface area contributed by atoms with E-state index in [0.717, 1.165) is 18.5 Å². The number of rotatable bonds is 4. The zero-order chi connectivity index (χ0) is 10.7. The van der Waals surface area contributed by atoms with Gasteiger partial charge in [-0.2, -0.15) is 0 Å². The number of nitrogens with one attached hydrogen (secondary N) is 1. The number of halogens is 1. The van der Waals surface area contributed by atoms with Crippen molar-refractivity contribution in [2.24, 2.45) is 5.92 Å². The molecule has 0 spiro atoms. The van der Waals surface area contributed by atoms with E-state index in [-0.39, 0.29) is 0 Å². The first-order chi connectivity index (χ1) is 7.25. The lowest BCUT2D eigenvalue weighted by Gasteiger charge is -2.16. The van der Waals surface area contributed by atoms with Crippen LogP contribution in [0, 0.1) is 5.92 Å². The molecule has 15 heavy (non-hydrogen) atoms. The maximum atomic E-state index is 3.68. The highest BCUT2D eigenvalue weighted by atomic mass is 79.9. The molecular formula is C12H18BrNS. The largest absolute Gasteiger partial charge is 0.313 e. The van der Waals surface area contributed by atoms with Crippen LogP contribution in [0.5, 0.6) is 0 Å². The lowest BCUT2D eigenvalue weighted by atomic mass is 10.1. The summed E-state index contributed by atoms with van der Waals surface area (Å²) >= 11 is 5.35. The minimum absolute atomic E-state index is 0.772. The van der Waals surface area contributed by atoms with Crippen LogP contribution in [0.1, 0.15) is 31.1 Å². The van der Waals surface area contributed by atoms with E-state index in [1.807, 2.05) is 11.3 Å². The smallest absolute Gasteiger partial charge is 0.0701 e. The molecule has 2 rings (SSSR count). The van der Waals surface area contributed by atoms with Gasteiger partial charge in [0.1, 0.15) is 0 Å². The highest BCUT2D eigenvalue weighted by Crippen LogP contribution is 2.25. The maximum Gasteiger partial charge on any atom is 0.0701 e. The van der Waals surface area contributed by atoms with Crippen molar-refractivity contribution in [1.29, 1.82) is 0 Å².